The molecule has 0 aliphatic carbocycles. The monoisotopic (exact) mass is 360 g/mol. The Hall–Kier alpha value is -2.00. The predicted octanol–water partition coefficient (Wildman–Crippen LogP) is 5.93. The number of ketones is 1. The molecule has 4 heteroatoms. The fourth-order valence-electron chi connectivity index (χ4n) is 2.30. The van der Waals surface area contributed by atoms with Gasteiger partial charge in [0.15, 0.2) is 17.3 Å². The molecule has 25 heavy (non-hydrogen) atoms. The quantitative estimate of drug-likeness (QED) is 0.389. The van der Waals surface area contributed by atoms with Gasteiger partial charge in [0.2, 0.25) is 0 Å². The zero-order valence-corrected chi connectivity index (χ0v) is 15.6. The Labute approximate surface area is 154 Å². The minimum Gasteiger partial charge on any atom is -0.490 e. The van der Waals surface area contributed by atoms with Crippen molar-refractivity contribution in [3.63, 3.8) is 0 Å². The van der Waals surface area contributed by atoms with Crippen molar-refractivity contribution in [3.05, 3.63) is 58.6 Å². The molecule has 134 valence electrons. The van der Waals surface area contributed by atoms with E-state index >= 15 is 0 Å². The molecule has 0 atom stereocenters. The van der Waals surface area contributed by atoms with E-state index in [2.05, 4.69) is 13.8 Å². The Morgan fingerprint density at radius 1 is 0.840 bits per heavy atom. The van der Waals surface area contributed by atoms with Crippen molar-refractivity contribution in [3.8, 4) is 11.5 Å². The van der Waals surface area contributed by atoms with Gasteiger partial charge in [-0.2, -0.15) is 0 Å². The molecule has 2 rings (SSSR count). The van der Waals surface area contributed by atoms with Crippen LogP contribution in [0.5, 0.6) is 11.5 Å². The largest absolute Gasteiger partial charge is 0.490 e. The van der Waals surface area contributed by atoms with E-state index in [1.807, 2.05) is 6.07 Å². The summed E-state index contributed by atoms with van der Waals surface area (Å²) in [6.07, 6.45) is 4.07. The second-order valence-corrected chi connectivity index (χ2v) is 6.34. The average molecular weight is 361 g/mol. The number of hydrogen-bond donors (Lipinski definition) is 0. The summed E-state index contributed by atoms with van der Waals surface area (Å²) in [6, 6.07) is 12.3. The van der Waals surface area contributed by atoms with E-state index in [0.717, 1.165) is 25.7 Å². The second kappa shape index (κ2) is 10.1. The van der Waals surface area contributed by atoms with Gasteiger partial charge in [0.05, 0.1) is 13.2 Å². The molecule has 3 nitrogen and oxygen atoms in total. The third kappa shape index (κ3) is 5.79. The van der Waals surface area contributed by atoms with Crippen molar-refractivity contribution >= 4 is 17.4 Å². The van der Waals surface area contributed by atoms with Gasteiger partial charge in [0.25, 0.3) is 0 Å². The minimum absolute atomic E-state index is 0.0582. The van der Waals surface area contributed by atoms with Crippen LogP contribution in [-0.4, -0.2) is 19.0 Å². The number of benzene rings is 2. The maximum absolute atomic E-state index is 12.7. The normalized spacial score (nSPS) is 10.5. The summed E-state index contributed by atoms with van der Waals surface area (Å²) < 4.78 is 11.7. The lowest BCUT2D eigenvalue weighted by Crippen LogP contribution is -2.05. The third-order valence-corrected chi connectivity index (χ3v) is 4.08. The second-order valence-electron chi connectivity index (χ2n) is 5.90. The van der Waals surface area contributed by atoms with Crippen LogP contribution >= 0.6 is 11.6 Å². The molecule has 0 heterocycles. The Balaban J connectivity index is 2.21. The maximum Gasteiger partial charge on any atom is 0.193 e. The Morgan fingerprint density at radius 3 is 2.00 bits per heavy atom. The molecule has 0 spiro atoms. The highest BCUT2D eigenvalue weighted by atomic mass is 35.5. The molecule has 0 unspecified atom stereocenters. The van der Waals surface area contributed by atoms with Gasteiger partial charge < -0.3 is 9.47 Å². The molecule has 2 aromatic carbocycles. The molecule has 0 saturated heterocycles. The van der Waals surface area contributed by atoms with E-state index in [0.29, 0.717) is 40.9 Å². The van der Waals surface area contributed by atoms with Gasteiger partial charge in [-0.05, 0) is 55.3 Å². The van der Waals surface area contributed by atoms with Gasteiger partial charge in [-0.1, -0.05) is 38.3 Å². The van der Waals surface area contributed by atoms with Gasteiger partial charge in [-0.15, -0.1) is 0 Å². The van der Waals surface area contributed by atoms with E-state index in [-0.39, 0.29) is 5.78 Å². The summed E-state index contributed by atoms with van der Waals surface area (Å²) in [5.41, 5.74) is 1.18. The predicted molar refractivity (Wildman–Crippen MR) is 102 cm³/mol. The molecule has 0 aromatic heterocycles. The fourth-order valence-corrected chi connectivity index (χ4v) is 2.43. The number of ether oxygens (including phenoxy) is 2. The Bertz CT molecular complexity index is 680. The first-order chi connectivity index (χ1) is 12.2. The topological polar surface area (TPSA) is 35.5 Å². The molecule has 0 N–H and O–H groups in total. The van der Waals surface area contributed by atoms with Gasteiger partial charge in [-0.25, -0.2) is 0 Å². The van der Waals surface area contributed by atoms with Crippen molar-refractivity contribution in [2.75, 3.05) is 13.2 Å². The Morgan fingerprint density at radius 2 is 1.40 bits per heavy atom. The zero-order valence-electron chi connectivity index (χ0n) is 14.9. The first kappa shape index (κ1) is 19.3. The van der Waals surface area contributed by atoms with Crippen molar-refractivity contribution < 1.29 is 14.3 Å². The lowest BCUT2D eigenvalue weighted by Gasteiger charge is -2.14. The highest BCUT2D eigenvalue weighted by Gasteiger charge is 2.13. The summed E-state index contributed by atoms with van der Waals surface area (Å²) >= 11 is 5.89. The first-order valence-corrected chi connectivity index (χ1v) is 9.23. The van der Waals surface area contributed by atoms with Gasteiger partial charge >= 0.3 is 0 Å². The lowest BCUT2D eigenvalue weighted by molar-refractivity contribution is 0.103. The molecule has 0 fully saturated rings. The molecular weight excluding hydrogens is 336 g/mol. The summed E-state index contributed by atoms with van der Waals surface area (Å²) in [5.74, 6) is 1.26. The van der Waals surface area contributed by atoms with E-state index < -0.39 is 0 Å². The van der Waals surface area contributed by atoms with Crippen LogP contribution in [0.15, 0.2) is 42.5 Å². The van der Waals surface area contributed by atoms with Crippen LogP contribution in [-0.2, 0) is 0 Å². The number of halogens is 1. The standard InChI is InChI=1S/C21H25ClO3/c1-3-5-13-24-19-12-9-17(15-20(19)25-14-6-4-2)21(23)16-7-10-18(22)11-8-16/h7-12,15H,3-6,13-14H2,1-2H3. The van der Waals surface area contributed by atoms with Gasteiger partial charge in [0, 0.05) is 16.1 Å². The first-order valence-electron chi connectivity index (χ1n) is 8.85. The van der Waals surface area contributed by atoms with Crippen molar-refractivity contribution in [2.24, 2.45) is 0 Å². The van der Waals surface area contributed by atoms with Gasteiger partial charge in [0.1, 0.15) is 0 Å². The smallest absolute Gasteiger partial charge is 0.193 e. The molecule has 0 bridgehead atoms. The van der Waals surface area contributed by atoms with Crippen LogP contribution in [0.1, 0.15) is 55.5 Å². The average Bonchev–Trinajstić information content (AvgIpc) is 2.63. The molecule has 0 amide bonds. The highest BCUT2D eigenvalue weighted by Crippen LogP contribution is 2.30. The van der Waals surface area contributed by atoms with Crippen LogP contribution in [0, 0.1) is 0 Å². The van der Waals surface area contributed by atoms with Crippen molar-refractivity contribution in [2.45, 2.75) is 39.5 Å². The van der Waals surface area contributed by atoms with Crippen LogP contribution in [0.25, 0.3) is 0 Å². The molecule has 0 radical (unpaired) electrons. The molecule has 0 aliphatic heterocycles. The Kier molecular flexibility index (Phi) is 7.80. The zero-order chi connectivity index (χ0) is 18.1. The summed E-state index contributed by atoms with van der Waals surface area (Å²) in [5, 5.41) is 0.611. The van der Waals surface area contributed by atoms with Crippen molar-refractivity contribution in [1.29, 1.82) is 0 Å². The SMILES string of the molecule is CCCCOc1ccc(C(=O)c2ccc(Cl)cc2)cc1OCCCC. The third-order valence-electron chi connectivity index (χ3n) is 3.82. The van der Waals surface area contributed by atoms with Crippen LogP contribution in [0.2, 0.25) is 5.02 Å². The summed E-state index contributed by atoms with van der Waals surface area (Å²) in [4.78, 5) is 12.7. The van der Waals surface area contributed by atoms with E-state index in [1.54, 1.807) is 36.4 Å². The fraction of sp³-hybridized carbons (Fsp3) is 0.381. The minimum atomic E-state index is -0.0582. The molecular formula is C21H25ClO3. The van der Waals surface area contributed by atoms with Crippen LogP contribution < -0.4 is 9.47 Å². The molecule has 0 saturated carbocycles. The maximum atomic E-state index is 12.7. The highest BCUT2D eigenvalue weighted by molar-refractivity contribution is 6.30. The van der Waals surface area contributed by atoms with Crippen LogP contribution in [0.3, 0.4) is 0 Å². The van der Waals surface area contributed by atoms with Crippen molar-refractivity contribution in [1.82, 2.24) is 0 Å². The summed E-state index contributed by atoms with van der Waals surface area (Å²) in [6.45, 7) is 5.49. The van der Waals surface area contributed by atoms with E-state index in [9.17, 15) is 4.79 Å². The number of hydrogen-bond acceptors (Lipinski definition) is 3. The molecule has 0 aliphatic rings. The summed E-state index contributed by atoms with van der Waals surface area (Å²) in [7, 11) is 0. The molecule has 2 aromatic rings. The number of carbonyl (C=O) groups excluding carboxylic acids is 1. The van der Waals surface area contributed by atoms with Gasteiger partial charge in [-0.3, -0.25) is 4.79 Å². The number of carbonyl (C=O) groups is 1. The van der Waals surface area contributed by atoms with E-state index in [4.69, 9.17) is 21.1 Å². The number of unbranched alkanes of at least 4 members (excludes halogenated alkanes) is 2. The van der Waals surface area contributed by atoms with Crippen LogP contribution in [0.4, 0.5) is 0 Å². The van der Waals surface area contributed by atoms with E-state index in [1.165, 1.54) is 0 Å². The number of rotatable bonds is 10. The lowest BCUT2D eigenvalue weighted by atomic mass is 10.0.